The minimum atomic E-state index is -4.24. The Balaban J connectivity index is 3.45. The average Bonchev–Trinajstić information content (AvgIpc) is 2.15. The second-order valence-corrected chi connectivity index (χ2v) is 6.78. The molecule has 1 aromatic rings. The van der Waals surface area contributed by atoms with Gasteiger partial charge in [0.2, 0.25) is 0 Å². The maximum atomic E-state index is 13.3. The van der Waals surface area contributed by atoms with Crippen LogP contribution in [-0.2, 0) is 24.7 Å². The Morgan fingerprint density at radius 2 is 1.82 bits per heavy atom. The molecule has 0 aliphatic carbocycles. The van der Waals surface area contributed by atoms with E-state index in [2.05, 4.69) is 4.84 Å². The van der Waals surface area contributed by atoms with Crippen LogP contribution in [-0.4, -0.2) is 30.2 Å². The highest BCUT2D eigenvalue weighted by molar-refractivity contribution is 7.91. The van der Waals surface area contributed by atoms with Crippen LogP contribution in [0.3, 0.4) is 0 Å². The molecule has 0 bridgehead atoms. The first-order valence-corrected chi connectivity index (χ1v) is 7.60. The molecular weight excluding hydrogens is 273 g/mol. The van der Waals surface area contributed by atoms with Gasteiger partial charge in [-0.25, -0.2) is 21.2 Å². The minimum Gasteiger partial charge on any atom is -0.290 e. The Hall–Kier alpha value is -1.03. The zero-order valence-electron chi connectivity index (χ0n) is 8.97. The third-order valence-corrected chi connectivity index (χ3v) is 4.20. The summed E-state index contributed by atoms with van der Waals surface area (Å²) in [6.45, 7) is 0. The Morgan fingerprint density at radius 1 is 1.24 bits per heavy atom. The zero-order chi connectivity index (χ0) is 13.3. The van der Waals surface area contributed by atoms with E-state index in [0.717, 1.165) is 31.6 Å². The van der Waals surface area contributed by atoms with Crippen molar-refractivity contribution in [3.8, 4) is 0 Å². The number of hydrogen-bond acceptors (Lipinski definition) is 5. The molecule has 0 heterocycles. The molecule has 0 spiro atoms. The van der Waals surface area contributed by atoms with Crippen molar-refractivity contribution in [2.45, 2.75) is 9.79 Å². The average molecular weight is 283 g/mol. The molecule has 6 nitrogen and oxygen atoms in total. The van der Waals surface area contributed by atoms with Gasteiger partial charge < -0.3 is 0 Å². The molecule has 0 aliphatic rings. The first kappa shape index (κ1) is 14.0. The van der Waals surface area contributed by atoms with E-state index >= 15 is 0 Å². The van der Waals surface area contributed by atoms with Crippen LogP contribution in [0.2, 0.25) is 0 Å². The lowest BCUT2D eigenvalue weighted by Gasteiger charge is -2.07. The molecule has 0 amide bonds. The van der Waals surface area contributed by atoms with E-state index in [4.69, 9.17) is 0 Å². The second-order valence-electron chi connectivity index (χ2n) is 3.16. The summed E-state index contributed by atoms with van der Waals surface area (Å²) in [4.78, 5) is 4.70. The van der Waals surface area contributed by atoms with E-state index in [-0.39, 0.29) is 4.90 Å². The Kier molecular flexibility index (Phi) is 3.87. The van der Waals surface area contributed by atoms with E-state index < -0.39 is 30.6 Å². The normalized spacial score (nSPS) is 12.6. The van der Waals surface area contributed by atoms with Crippen LogP contribution in [0.15, 0.2) is 28.0 Å². The number of sulfonamides is 1. The standard InChI is InChI=1S/C8H10FNO5S2/c1-15-10-17(13,14)8-5-6(16(2,11)12)3-4-7(8)9/h3-5,10H,1-2H3. The van der Waals surface area contributed by atoms with Gasteiger partial charge in [0.15, 0.2) is 9.84 Å². The summed E-state index contributed by atoms with van der Waals surface area (Å²) in [6.07, 6.45) is 0.889. The predicted molar refractivity (Wildman–Crippen MR) is 56.8 cm³/mol. The van der Waals surface area contributed by atoms with Crippen LogP contribution in [0.25, 0.3) is 0 Å². The number of benzene rings is 1. The topological polar surface area (TPSA) is 89.5 Å². The number of sulfone groups is 1. The van der Waals surface area contributed by atoms with Gasteiger partial charge in [0, 0.05) is 6.26 Å². The van der Waals surface area contributed by atoms with Crippen molar-refractivity contribution in [3.63, 3.8) is 0 Å². The Morgan fingerprint density at radius 3 is 2.29 bits per heavy atom. The summed E-state index contributed by atoms with van der Waals surface area (Å²) in [5.41, 5.74) is 0. The largest absolute Gasteiger partial charge is 0.290 e. The van der Waals surface area contributed by atoms with Crippen LogP contribution in [0.4, 0.5) is 4.39 Å². The fraction of sp³-hybridized carbons (Fsp3) is 0.250. The lowest BCUT2D eigenvalue weighted by Crippen LogP contribution is -2.23. The van der Waals surface area contributed by atoms with E-state index in [1.165, 1.54) is 0 Å². The second kappa shape index (κ2) is 4.69. The van der Waals surface area contributed by atoms with Crippen molar-refractivity contribution in [1.29, 1.82) is 0 Å². The summed E-state index contributed by atoms with van der Waals surface area (Å²) >= 11 is 0. The quantitative estimate of drug-likeness (QED) is 0.624. The molecule has 0 saturated heterocycles. The first-order chi connectivity index (χ1) is 7.68. The molecule has 0 atom stereocenters. The molecule has 0 aliphatic heterocycles. The van der Waals surface area contributed by atoms with E-state index in [1.54, 1.807) is 4.89 Å². The van der Waals surface area contributed by atoms with Gasteiger partial charge in [-0.05, 0) is 18.2 Å². The monoisotopic (exact) mass is 283 g/mol. The lowest BCUT2D eigenvalue weighted by molar-refractivity contribution is 0.153. The molecule has 0 radical (unpaired) electrons. The molecule has 1 rings (SSSR count). The third-order valence-electron chi connectivity index (χ3n) is 1.81. The van der Waals surface area contributed by atoms with Crippen molar-refractivity contribution in [3.05, 3.63) is 24.0 Å². The van der Waals surface area contributed by atoms with Gasteiger partial charge >= 0.3 is 0 Å². The molecule has 0 saturated carbocycles. The van der Waals surface area contributed by atoms with Crippen molar-refractivity contribution in [2.24, 2.45) is 0 Å². The van der Waals surface area contributed by atoms with Gasteiger partial charge in [-0.1, -0.05) is 4.89 Å². The number of hydrogen-bond donors (Lipinski definition) is 1. The number of halogens is 1. The van der Waals surface area contributed by atoms with Gasteiger partial charge in [-0.15, -0.1) is 0 Å². The van der Waals surface area contributed by atoms with Crippen molar-refractivity contribution >= 4 is 19.9 Å². The van der Waals surface area contributed by atoms with Crippen molar-refractivity contribution in [2.75, 3.05) is 13.4 Å². The molecule has 9 heteroatoms. The zero-order valence-corrected chi connectivity index (χ0v) is 10.6. The van der Waals surface area contributed by atoms with E-state index in [9.17, 15) is 21.2 Å². The fourth-order valence-corrected chi connectivity index (χ4v) is 2.71. The molecule has 17 heavy (non-hydrogen) atoms. The molecule has 0 fully saturated rings. The van der Waals surface area contributed by atoms with E-state index in [0.29, 0.717) is 0 Å². The summed E-state index contributed by atoms with van der Waals surface area (Å²) in [5, 5.41) is 0. The van der Waals surface area contributed by atoms with Crippen LogP contribution in [0.1, 0.15) is 0 Å². The minimum absolute atomic E-state index is 0.296. The van der Waals surface area contributed by atoms with Crippen LogP contribution >= 0.6 is 0 Å². The molecule has 96 valence electrons. The summed E-state index contributed by atoms with van der Waals surface area (Å²) in [6, 6.07) is 2.48. The SMILES string of the molecule is CONS(=O)(=O)c1cc(S(C)(=O)=O)ccc1F. The van der Waals surface area contributed by atoms with Crippen molar-refractivity contribution in [1.82, 2.24) is 4.89 Å². The lowest BCUT2D eigenvalue weighted by atomic mass is 10.3. The number of nitrogens with one attached hydrogen (secondary N) is 1. The van der Waals surface area contributed by atoms with Gasteiger partial charge in [-0.3, -0.25) is 4.84 Å². The molecule has 0 unspecified atom stereocenters. The van der Waals surface area contributed by atoms with Gasteiger partial charge in [-0.2, -0.15) is 0 Å². The molecule has 1 N–H and O–H groups in total. The summed E-state index contributed by atoms with van der Waals surface area (Å²) in [7, 11) is -6.81. The Labute approximate surface area is 98.3 Å². The smallest absolute Gasteiger partial charge is 0.265 e. The number of rotatable bonds is 4. The summed E-state index contributed by atoms with van der Waals surface area (Å²) in [5.74, 6) is -1.07. The molecule has 0 aromatic heterocycles. The highest BCUT2D eigenvalue weighted by Gasteiger charge is 2.21. The van der Waals surface area contributed by atoms with Crippen LogP contribution in [0.5, 0.6) is 0 Å². The predicted octanol–water partition coefficient (Wildman–Crippen LogP) is 0.0689. The van der Waals surface area contributed by atoms with Gasteiger partial charge in [0.05, 0.1) is 12.0 Å². The molecular formula is C8H10FNO5S2. The fourth-order valence-electron chi connectivity index (χ4n) is 1.07. The Bertz CT molecular complexity index is 623. The third kappa shape index (κ3) is 3.22. The first-order valence-electron chi connectivity index (χ1n) is 4.23. The highest BCUT2D eigenvalue weighted by Crippen LogP contribution is 2.19. The van der Waals surface area contributed by atoms with Crippen LogP contribution < -0.4 is 4.89 Å². The molecule has 1 aromatic carbocycles. The van der Waals surface area contributed by atoms with E-state index in [1.807, 2.05) is 0 Å². The van der Waals surface area contributed by atoms with Crippen LogP contribution in [0, 0.1) is 5.82 Å². The highest BCUT2D eigenvalue weighted by atomic mass is 32.2. The van der Waals surface area contributed by atoms with Gasteiger partial charge in [0.25, 0.3) is 10.0 Å². The summed E-state index contributed by atoms with van der Waals surface area (Å²) < 4.78 is 58.7. The maximum absolute atomic E-state index is 13.3. The van der Waals surface area contributed by atoms with Crippen molar-refractivity contribution < 1.29 is 26.1 Å². The maximum Gasteiger partial charge on any atom is 0.265 e. The van der Waals surface area contributed by atoms with Gasteiger partial charge in [0.1, 0.15) is 10.7 Å².